The van der Waals surface area contributed by atoms with Gasteiger partial charge in [0.25, 0.3) is 0 Å². The van der Waals surface area contributed by atoms with E-state index in [9.17, 15) is 4.79 Å². The second-order valence-corrected chi connectivity index (χ2v) is 3.25. The van der Waals surface area contributed by atoms with Crippen molar-refractivity contribution in [3.8, 4) is 12.3 Å². The van der Waals surface area contributed by atoms with Gasteiger partial charge in [-0.15, -0.1) is 6.42 Å². The number of esters is 1. The van der Waals surface area contributed by atoms with E-state index in [-0.39, 0.29) is 11.9 Å². The lowest BCUT2D eigenvalue weighted by molar-refractivity contribution is -0.140. The van der Waals surface area contributed by atoms with Crippen LogP contribution in [0.4, 0.5) is 0 Å². The molecule has 1 aliphatic rings. The maximum Gasteiger partial charge on any atom is 0.314 e. The van der Waals surface area contributed by atoms with Gasteiger partial charge in [0.15, 0.2) is 0 Å². The second-order valence-electron chi connectivity index (χ2n) is 3.25. The maximum atomic E-state index is 11.2. The van der Waals surface area contributed by atoms with E-state index in [1.54, 1.807) is 0 Å². The Morgan fingerprint density at radius 3 is 2.83 bits per heavy atom. The number of ether oxygens (including phenoxy) is 1. The zero-order chi connectivity index (χ0) is 9.14. The standard InChI is InChI=1S/C10H12O2/c1-4-5-8-6-9(7(2)3)10(11)12-8/h1,5,7,9H,6H2,2-3H3/b8-5+. The van der Waals surface area contributed by atoms with Gasteiger partial charge in [0, 0.05) is 12.5 Å². The molecule has 0 saturated carbocycles. The lowest BCUT2D eigenvalue weighted by Gasteiger charge is -2.06. The smallest absolute Gasteiger partial charge is 0.314 e. The Labute approximate surface area is 72.6 Å². The Bertz CT molecular complexity index is 256. The molecule has 1 saturated heterocycles. The van der Waals surface area contributed by atoms with Crippen LogP contribution in [0.1, 0.15) is 20.3 Å². The number of cyclic esters (lactones) is 1. The summed E-state index contributed by atoms with van der Waals surface area (Å²) in [5.41, 5.74) is 0. The molecule has 2 nitrogen and oxygen atoms in total. The van der Waals surface area contributed by atoms with E-state index in [1.807, 2.05) is 13.8 Å². The lowest BCUT2D eigenvalue weighted by Crippen LogP contribution is -2.13. The van der Waals surface area contributed by atoms with Gasteiger partial charge in [-0.05, 0) is 5.92 Å². The average molecular weight is 164 g/mol. The van der Waals surface area contributed by atoms with E-state index < -0.39 is 0 Å². The van der Waals surface area contributed by atoms with Crippen LogP contribution in [-0.4, -0.2) is 5.97 Å². The Morgan fingerprint density at radius 2 is 2.42 bits per heavy atom. The number of hydrogen-bond acceptors (Lipinski definition) is 2. The van der Waals surface area contributed by atoms with Crippen LogP contribution in [0.2, 0.25) is 0 Å². The molecular formula is C10H12O2. The first-order valence-electron chi connectivity index (χ1n) is 4.02. The van der Waals surface area contributed by atoms with Crippen molar-refractivity contribution in [2.75, 3.05) is 0 Å². The number of carbonyl (C=O) groups is 1. The van der Waals surface area contributed by atoms with Gasteiger partial charge in [-0.1, -0.05) is 19.8 Å². The molecule has 1 aliphatic heterocycles. The summed E-state index contributed by atoms with van der Waals surface area (Å²) >= 11 is 0. The van der Waals surface area contributed by atoms with Crippen LogP contribution in [0.5, 0.6) is 0 Å². The van der Waals surface area contributed by atoms with Gasteiger partial charge in [-0.3, -0.25) is 4.79 Å². The van der Waals surface area contributed by atoms with Crippen LogP contribution in [0, 0.1) is 24.2 Å². The molecule has 1 fully saturated rings. The molecule has 1 heterocycles. The van der Waals surface area contributed by atoms with Crippen LogP contribution < -0.4 is 0 Å². The minimum Gasteiger partial charge on any atom is -0.430 e. The normalized spacial score (nSPS) is 26.0. The third-order valence-electron chi connectivity index (χ3n) is 2.00. The summed E-state index contributed by atoms with van der Waals surface area (Å²) in [6, 6.07) is 0. The monoisotopic (exact) mass is 164 g/mol. The summed E-state index contributed by atoms with van der Waals surface area (Å²) in [6.45, 7) is 4.01. The van der Waals surface area contributed by atoms with Crippen molar-refractivity contribution in [1.82, 2.24) is 0 Å². The Morgan fingerprint density at radius 1 is 1.75 bits per heavy atom. The number of allylic oxidation sites excluding steroid dienone is 2. The van der Waals surface area contributed by atoms with Gasteiger partial charge in [-0.2, -0.15) is 0 Å². The van der Waals surface area contributed by atoms with Crippen molar-refractivity contribution in [1.29, 1.82) is 0 Å². The molecule has 0 amide bonds. The lowest BCUT2D eigenvalue weighted by atomic mass is 9.94. The molecule has 0 aliphatic carbocycles. The highest BCUT2D eigenvalue weighted by molar-refractivity contribution is 5.76. The summed E-state index contributed by atoms with van der Waals surface area (Å²) in [7, 11) is 0. The Hall–Kier alpha value is -1.23. The molecule has 0 aromatic rings. The zero-order valence-corrected chi connectivity index (χ0v) is 7.33. The highest BCUT2D eigenvalue weighted by atomic mass is 16.5. The SMILES string of the molecule is C#C/C=C1\CC(C(C)C)C(=O)O1. The summed E-state index contributed by atoms with van der Waals surface area (Å²) in [6.07, 6.45) is 7.23. The Balaban J connectivity index is 2.70. The van der Waals surface area contributed by atoms with E-state index in [2.05, 4.69) is 5.92 Å². The Kier molecular flexibility index (Phi) is 2.54. The van der Waals surface area contributed by atoms with Gasteiger partial charge >= 0.3 is 5.97 Å². The molecule has 64 valence electrons. The molecule has 2 heteroatoms. The maximum absolute atomic E-state index is 11.2. The first-order chi connectivity index (χ1) is 5.65. The molecule has 12 heavy (non-hydrogen) atoms. The van der Waals surface area contributed by atoms with Crippen molar-refractivity contribution in [2.24, 2.45) is 11.8 Å². The molecular weight excluding hydrogens is 152 g/mol. The fraction of sp³-hybridized carbons (Fsp3) is 0.500. The zero-order valence-electron chi connectivity index (χ0n) is 7.33. The van der Waals surface area contributed by atoms with Gasteiger partial charge in [-0.25, -0.2) is 0 Å². The summed E-state index contributed by atoms with van der Waals surface area (Å²) in [5, 5.41) is 0. The number of hydrogen-bond donors (Lipinski definition) is 0. The van der Waals surface area contributed by atoms with Crippen LogP contribution in [0.3, 0.4) is 0 Å². The van der Waals surface area contributed by atoms with Crippen molar-refractivity contribution < 1.29 is 9.53 Å². The highest BCUT2D eigenvalue weighted by Crippen LogP contribution is 2.29. The number of terminal acetylenes is 1. The van der Waals surface area contributed by atoms with Crippen LogP contribution in [0.25, 0.3) is 0 Å². The summed E-state index contributed by atoms with van der Waals surface area (Å²) < 4.78 is 4.96. The van der Waals surface area contributed by atoms with Crippen LogP contribution in [0.15, 0.2) is 11.8 Å². The van der Waals surface area contributed by atoms with Crippen LogP contribution >= 0.6 is 0 Å². The molecule has 1 unspecified atom stereocenters. The van der Waals surface area contributed by atoms with E-state index in [0.717, 1.165) is 0 Å². The average Bonchev–Trinajstić information content (AvgIpc) is 2.32. The molecule has 0 aromatic heterocycles. The van der Waals surface area contributed by atoms with E-state index in [0.29, 0.717) is 18.1 Å². The largest absolute Gasteiger partial charge is 0.430 e. The molecule has 0 N–H and O–H groups in total. The third-order valence-corrected chi connectivity index (χ3v) is 2.00. The molecule has 1 atom stereocenters. The molecule has 0 radical (unpaired) electrons. The van der Waals surface area contributed by atoms with E-state index in [4.69, 9.17) is 11.2 Å². The second kappa shape index (κ2) is 3.44. The predicted octanol–water partition coefficient (Wildman–Crippen LogP) is 1.72. The van der Waals surface area contributed by atoms with E-state index in [1.165, 1.54) is 6.08 Å². The van der Waals surface area contributed by atoms with Gasteiger partial charge in [0.1, 0.15) is 5.76 Å². The molecule has 0 spiro atoms. The molecule has 0 aromatic carbocycles. The first kappa shape index (κ1) is 8.86. The summed E-state index contributed by atoms with van der Waals surface area (Å²) in [4.78, 5) is 11.2. The van der Waals surface area contributed by atoms with Gasteiger partial charge < -0.3 is 4.74 Å². The van der Waals surface area contributed by atoms with Gasteiger partial charge in [0.2, 0.25) is 0 Å². The topological polar surface area (TPSA) is 26.3 Å². The van der Waals surface area contributed by atoms with Crippen molar-refractivity contribution >= 4 is 5.97 Å². The number of carbonyl (C=O) groups excluding carboxylic acids is 1. The molecule has 0 bridgehead atoms. The summed E-state index contributed by atoms with van der Waals surface area (Å²) in [5.74, 6) is 3.14. The van der Waals surface area contributed by atoms with Crippen molar-refractivity contribution in [3.05, 3.63) is 11.8 Å². The van der Waals surface area contributed by atoms with Crippen LogP contribution in [-0.2, 0) is 9.53 Å². The van der Waals surface area contributed by atoms with Crippen molar-refractivity contribution in [3.63, 3.8) is 0 Å². The first-order valence-corrected chi connectivity index (χ1v) is 4.02. The highest BCUT2D eigenvalue weighted by Gasteiger charge is 2.32. The quantitative estimate of drug-likeness (QED) is 0.435. The minimum absolute atomic E-state index is 0.00963. The third kappa shape index (κ3) is 1.68. The van der Waals surface area contributed by atoms with Gasteiger partial charge in [0.05, 0.1) is 5.92 Å². The minimum atomic E-state index is -0.147. The van der Waals surface area contributed by atoms with Crippen molar-refractivity contribution in [2.45, 2.75) is 20.3 Å². The van der Waals surface area contributed by atoms with E-state index >= 15 is 0 Å². The predicted molar refractivity (Wildman–Crippen MR) is 46.0 cm³/mol. The molecule has 1 rings (SSSR count). The number of rotatable bonds is 1. The fourth-order valence-electron chi connectivity index (χ4n) is 1.24. The fourth-order valence-corrected chi connectivity index (χ4v) is 1.24.